The summed E-state index contributed by atoms with van der Waals surface area (Å²) in [5, 5.41) is 0. The molecule has 0 aliphatic heterocycles. The van der Waals surface area contributed by atoms with E-state index in [2.05, 4.69) is 36.1 Å². The van der Waals surface area contributed by atoms with Crippen LogP contribution < -0.4 is 5.73 Å². The Bertz CT molecular complexity index is 126. The minimum absolute atomic E-state index is 0.356. The van der Waals surface area contributed by atoms with Crippen LogP contribution in [-0.4, -0.2) is 24.2 Å². The van der Waals surface area contributed by atoms with E-state index in [9.17, 15) is 4.79 Å². The van der Waals surface area contributed by atoms with E-state index in [0.29, 0.717) is 6.61 Å². The Hall–Kier alpha value is -0.380. The Balaban J connectivity index is 0. The third-order valence-electron chi connectivity index (χ3n) is 1.57. The van der Waals surface area contributed by atoms with Crippen LogP contribution in [0.25, 0.3) is 0 Å². The van der Waals surface area contributed by atoms with Crippen molar-refractivity contribution in [2.24, 2.45) is 5.73 Å². The summed E-state index contributed by atoms with van der Waals surface area (Å²) in [6.07, 6.45) is 4.78. The summed E-state index contributed by atoms with van der Waals surface area (Å²) in [6, 6.07) is 0. The molecular formula is C11H25NO2S. The topological polar surface area (TPSA) is 52.3 Å². The van der Waals surface area contributed by atoms with Gasteiger partial charge in [-0.1, -0.05) is 26.7 Å². The van der Waals surface area contributed by atoms with Gasteiger partial charge in [-0.25, -0.2) is 4.79 Å². The van der Waals surface area contributed by atoms with Crippen LogP contribution in [-0.2, 0) is 4.74 Å². The third kappa shape index (κ3) is 24.7. The number of carbonyl (C=O) groups is 1. The standard InChI is InChI=1S/C8H18S.C3H7NO2/c1-3-5-7-9-8-6-4-2;1-2-6-3(4)5/h3-8H2,1-2H3;2H2,1H3,(H2,4,5). The smallest absolute Gasteiger partial charge is 0.404 e. The normalized spacial score (nSPS) is 9.00. The van der Waals surface area contributed by atoms with Gasteiger partial charge in [-0.05, 0) is 31.3 Å². The number of ether oxygens (including phenoxy) is 1. The molecule has 0 heterocycles. The second-order valence-electron chi connectivity index (χ2n) is 3.07. The molecule has 0 spiro atoms. The molecular weight excluding hydrogens is 210 g/mol. The van der Waals surface area contributed by atoms with Gasteiger partial charge in [0.05, 0.1) is 6.61 Å². The Kier molecular flexibility index (Phi) is 18.2. The number of nitrogens with two attached hydrogens (primary N) is 1. The minimum atomic E-state index is -0.711. The summed E-state index contributed by atoms with van der Waals surface area (Å²) in [5.41, 5.74) is 4.54. The molecule has 0 aliphatic rings. The number of rotatable bonds is 7. The van der Waals surface area contributed by atoms with Gasteiger partial charge in [-0.2, -0.15) is 11.8 Å². The zero-order valence-electron chi connectivity index (χ0n) is 10.3. The van der Waals surface area contributed by atoms with E-state index in [0.717, 1.165) is 0 Å². The average Bonchev–Trinajstić information content (AvgIpc) is 2.18. The molecule has 0 radical (unpaired) electrons. The molecule has 0 unspecified atom stereocenters. The van der Waals surface area contributed by atoms with E-state index < -0.39 is 6.09 Å². The quantitative estimate of drug-likeness (QED) is 0.688. The maximum atomic E-state index is 9.60. The fourth-order valence-corrected chi connectivity index (χ4v) is 1.93. The average molecular weight is 235 g/mol. The molecule has 0 rings (SSSR count). The van der Waals surface area contributed by atoms with Gasteiger partial charge >= 0.3 is 6.09 Å². The van der Waals surface area contributed by atoms with Gasteiger partial charge in [-0.3, -0.25) is 0 Å². The Morgan fingerprint density at radius 2 is 1.60 bits per heavy atom. The van der Waals surface area contributed by atoms with E-state index in [1.165, 1.54) is 37.2 Å². The molecule has 15 heavy (non-hydrogen) atoms. The summed E-state index contributed by atoms with van der Waals surface area (Å²) in [5.74, 6) is 2.74. The molecule has 0 aliphatic carbocycles. The molecule has 0 aromatic heterocycles. The SMILES string of the molecule is CCCCSCCCC.CCOC(N)=O. The van der Waals surface area contributed by atoms with Crippen molar-refractivity contribution in [2.45, 2.75) is 46.5 Å². The predicted molar refractivity (Wildman–Crippen MR) is 68.4 cm³/mol. The summed E-state index contributed by atoms with van der Waals surface area (Å²) >= 11 is 2.10. The molecule has 4 heteroatoms. The van der Waals surface area contributed by atoms with Crippen LogP contribution in [0.2, 0.25) is 0 Å². The number of carbonyl (C=O) groups excluding carboxylic acids is 1. The molecule has 3 nitrogen and oxygen atoms in total. The van der Waals surface area contributed by atoms with Crippen molar-refractivity contribution in [1.82, 2.24) is 0 Å². The number of unbranched alkanes of at least 4 members (excludes halogenated alkanes) is 2. The summed E-state index contributed by atoms with van der Waals surface area (Å²) in [7, 11) is 0. The predicted octanol–water partition coefficient (Wildman–Crippen LogP) is 3.42. The Labute approximate surface area is 98.1 Å². The summed E-state index contributed by atoms with van der Waals surface area (Å²) in [6.45, 7) is 6.56. The molecule has 0 saturated carbocycles. The summed E-state index contributed by atoms with van der Waals surface area (Å²) < 4.78 is 4.18. The monoisotopic (exact) mass is 235 g/mol. The second kappa shape index (κ2) is 16.1. The lowest BCUT2D eigenvalue weighted by Gasteiger charge is -1.96. The number of amides is 1. The first-order valence-electron chi connectivity index (χ1n) is 5.68. The Morgan fingerprint density at radius 3 is 1.80 bits per heavy atom. The minimum Gasteiger partial charge on any atom is -0.450 e. The molecule has 0 atom stereocenters. The van der Waals surface area contributed by atoms with Crippen molar-refractivity contribution >= 4 is 17.9 Å². The highest BCUT2D eigenvalue weighted by molar-refractivity contribution is 7.99. The van der Waals surface area contributed by atoms with Gasteiger partial charge < -0.3 is 10.5 Å². The highest BCUT2D eigenvalue weighted by Crippen LogP contribution is 2.06. The van der Waals surface area contributed by atoms with Gasteiger partial charge in [0.25, 0.3) is 0 Å². The Morgan fingerprint density at radius 1 is 1.13 bits per heavy atom. The van der Waals surface area contributed by atoms with Gasteiger partial charge in [0.15, 0.2) is 0 Å². The molecule has 1 amide bonds. The number of primary amides is 1. The molecule has 0 bridgehead atoms. The lowest BCUT2D eigenvalue weighted by atomic mass is 10.4. The van der Waals surface area contributed by atoms with Crippen molar-refractivity contribution in [3.63, 3.8) is 0 Å². The van der Waals surface area contributed by atoms with E-state index in [1.807, 2.05) is 0 Å². The van der Waals surface area contributed by atoms with Gasteiger partial charge in [0.1, 0.15) is 0 Å². The zero-order valence-corrected chi connectivity index (χ0v) is 11.1. The van der Waals surface area contributed by atoms with Crippen LogP contribution in [0.4, 0.5) is 4.79 Å². The maximum Gasteiger partial charge on any atom is 0.404 e. The van der Waals surface area contributed by atoms with Crippen LogP contribution in [0.1, 0.15) is 46.5 Å². The van der Waals surface area contributed by atoms with E-state index in [4.69, 9.17) is 0 Å². The number of thioether (sulfide) groups is 1. The first-order chi connectivity index (χ1) is 7.18. The largest absolute Gasteiger partial charge is 0.450 e. The van der Waals surface area contributed by atoms with E-state index in [1.54, 1.807) is 6.92 Å². The fourth-order valence-electron chi connectivity index (χ4n) is 0.737. The first kappa shape index (κ1) is 17.0. The van der Waals surface area contributed by atoms with Gasteiger partial charge in [-0.15, -0.1) is 0 Å². The van der Waals surface area contributed by atoms with Crippen molar-refractivity contribution < 1.29 is 9.53 Å². The molecule has 0 aromatic rings. The van der Waals surface area contributed by atoms with Crippen LogP contribution in [0.5, 0.6) is 0 Å². The molecule has 0 fully saturated rings. The molecule has 0 saturated heterocycles. The van der Waals surface area contributed by atoms with Crippen molar-refractivity contribution in [3.05, 3.63) is 0 Å². The maximum absolute atomic E-state index is 9.60. The van der Waals surface area contributed by atoms with Crippen molar-refractivity contribution in [3.8, 4) is 0 Å². The molecule has 2 N–H and O–H groups in total. The second-order valence-corrected chi connectivity index (χ2v) is 4.30. The number of hydrogen-bond acceptors (Lipinski definition) is 3. The first-order valence-corrected chi connectivity index (χ1v) is 6.84. The summed E-state index contributed by atoms with van der Waals surface area (Å²) in [4.78, 5) is 9.60. The van der Waals surface area contributed by atoms with E-state index >= 15 is 0 Å². The lowest BCUT2D eigenvalue weighted by molar-refractivity contribution is 0.163. The van der Waals surface area contributed by atoms with Crippen LogP contribution in [0.3, 0.4) is 0 Å². The fraction of sp³-hybridized carbons (Fsp3) is 0.909. The van der Waals surface area contributed by atoms with Crippen molar-refractivity contribution in [1.29, 1.82) is 0 Å². The zero-order chi connectivity index (χ0) is 11.9. The molecule has 92 valence electrons. The molecule has 0 aromatic carbocycles. The third-order valence-corrected chi connectivity index (χ3v) is 2.73. The van der Waals surface area contributed by atoms with Gasteiger partial charge in [0.2, 0.25) is 0 Å². The number of hydrogen-bond donors (Lipinski definition) is 1. The highest BCUT2D eigenvalue weighted by Gasteiger charge is 1.85. The van der Waals surface area contributed by atoms with E-state index in [-0.39, 0.29) is 0 Å². The lowest BCUT2D eigenvalue weighted by Crippen LogP contribution is -2.11. The van der Waals surface area contributed by atoms with Crippen LogP contribution >= 0.6 is 11.8 Å². The van der Waals surface area contributed by atoms with Crippen LogP contribution in [0.15, 0.2) is 0 Å². The van der Waals surface area contributed by atoms with Crippen LogP contribution in [0, 0.1) is 0 Å². The van der Waals surface area contributed by atoms with Gasteiger partial charge in [0, 0.05) is 0 Å². The van der Waals surface area contributed by atoms with Crippen molar-refractivity contribution in [2.75, 3.05) is 18.1 Å². The highest BCUT2D eigenvalue weighted by atomic mass is 32.2.